The Hall–Kier alpha value is -1.59. The maximum atomic E-state index is 12.4. The molecule has 0 fully saturated rings. The molecule has 0 saturated carbocycles. The van der Waals surface area contributed by atoms with E-state index in [1.807, 2.05) is 0 Å². The summed E-state index contributed by atoms with van der Waals surface area (Å²) in [7, 11) is 0. The molecule has 0 radical (unpaired) electrons. The van der Waals surface area contributed by atoms with Crippen molar-refractivity contribution in [2.24, 2.45) is 0 Å². The van der Waals surface area contributed by atoms with Crippen LogP contribution in [-0.2, 0) is 10.9 Å². The molecule has 0 N–H and O–H groups in total. The Morgan fingerprint density at radius 3 is 2.56 bits per heavy atom. The number of hydrogen-bond acceptors (Lipinski definition) is 3. The summed E-state index contributed by atoms with van der Waals surface area (Å²) in [4.78, 5) is 14.4. The smallest absolute Gasteiger partial charge is 0.433 e. The molecule has 6 heteroatoms. The number of aryl methyl sites for hydroxylation is 1. The van der Waals surface area contributed by atoms with Gasteiger partial charge in [0.15, 0.2) is 0 Å². The van der Waals surface area contributed by atoms with Gasteiger partial charge in [-0.2, -0.15) is 13.2 Å². The van der Waals surface area contributed by atoms with Crippen LogP contribution in [0.3, 0.4) is 0 Å². The minimum Gasteiger partial charge on any atom is -0.462 e. The number of aromatic nitrogens is 1. The molecule has 16 heavy (non-hydrogen) atoms. The van der Waals surface area contributed by atoms with Gasteiger partial charge in [-0.1, -0.05) is 0 Å². The van der Waals surface area contributed by atoms with Gasteiger partial charge in [0.1, 0.15) is 5.69 Å². The first-order valence-corrected chi connectivity index (χ1v) is 4.57. The van der Waals surface area contributed by atoms with Gasteiger partial charge in [0.2, 0.25) is 0 Å². The minimum absolute atomic E-state index is 0.0207. The summed E-state index contributed by atoms with van der Waals surface area (Å²) in [5, 5.41) is 0. The summed E-state index contributed by atoms with van der Waals surface area (Å²) in [6, 6.07) is 1.12. The van der Waals surface area contributed by atoms with Crippen LogP contribution in [0.25, 0.3) is 0 Å². The van der Waals surface area contributed by atoms with Gasteiger partial charge in [0.25, 0.3) is 0 Å². The van der Waals surface area contributed by atoms with E-state index in [-0.39, 0.29) is 17.7 Å². The third-order valence-corrected chi connectivity index (χ3v) is 1.86. The number of alkyl halides is 3. The lowest BCUT2D eigenvalue weighted by atomic mass is 10.1. The highest BCUT2D eigenvalue weighted by Crippen LogP contribution is 2.30. The molecule has 0 aliphatic carbocycles. The molecule has 0 unspecified atom stereocenters. The number of halogens is 3. The van der Waals surface area contributed by atoms with E-state index >= 15 is 0 Å². The summed E-state index contributed by atoms with van der Waals surface area (Å²) >= 11 is 0. The Labute approximate surface area is 90.2 Å². The maximum absolute atomic E-state index is 12.4. The SMILES string of the molecule is CCOC(=O)c1cnc(C(F)(F)F)c(C)c1. The summed E-state index contributed by atoms with van der Waals surface area (Å²) in [5.41, 5.74) is -1.06. The fourth-order valence-electron chi connectivity index (χ4n) is 1.20. The monoisotopic (exact) mass is 233 g/mol. The van der Waals surface area contributed by atoms with E-state index in [2.05, 4.69) is 9.72 Å². The van der Waals surface area contributed by atoms with Gasteiger partial charge in [-0.05, 0) is 25.5 Å². The average molecular weight is 233 g/mol. The second-order valence-corrected chi connectivity index (χ2v) is 3.11. The number of rotatable bonds is 2. The van der Waals surface area contributed by atoms with E-state index in [0.717, 1.165) is 12.3 Å². The molecule has 0 aliphatic heterocycles. The van der Waals surface area contributed by atoms with Crippen LogP contribution in [0.15, 0.2) is 12.3 Å². The predicted molar refractivity (Wildman–Crippen MR) is 49.9 cm³/mol. The molecule has 88 valence electrons. The van der Waals surface area contributed by atoms with Crippen LogP contribution in [0.2, 0.25) is 0 Å². The first-order chi connectivity index (χ1) is 7.36. The molecule has 0 amide bonds. The number of pyridine rings is 1. The third-order valence-electron chi connectivity index (χ3n) is 1.86. The molecule has 0 aromatic carbocycles. The van der Waals surface area contributed by atoms with Gasteiger partial charge in [-0.15, -0.1) is 0 Å². The lowest BCUT2D eigenvalue weighted by Crippen LogP contribution is -2.13. The van der Waals surface area contributed by atoms with E-state index in [4.69, 9.17) is 0 Å². The summed E-state index contributed by atoms with van der Waals surface area (Å²) in [6.45, 7) is 3.03. The number of carbonyl (C=O) groups is 1. The van der Waals surface area contributed by atoms with Crippen molar-refractivity contribution >= 4 is 5.97 Å². The predicted octanol–water partition coefficient (Wildman–Crippen LogP) is 2.59. The number of hydrogen-bond donors (Lipinski definition) is 0. The van der Waals surface area contributed by atoms with Gasteiger partial charge in [0.05, 0.1) is 12.2 Å². The lowest BCUT2D eigenvalue weighted by molar-refractivity contribution is -0.141. The standard InChI is InChI=1S/C10H10F3NO2/c1-3-16-9(15)7-4-6(2)8(14-5-7)10(11,12)13/h4-5H,3H2,1-2H3. The highest BCUT2D eigenvalue weighted by molar-refractivity contribution is 5.89. The zero-order valence-corrected chi connectivity index (χ0v) is 8.76. The Bertz CT molecular complexity index is 402. The lowest BCUT2D eigenvalue weighted by Gasteiger charge is -2.09. The van der Waals surface area contributed by atoms with Gasteiger partial charge >= 0.3 is 12.1 Å². The second kappa shape index (κ2) is 4.51. The van der Waals surface area contributed by atoms with Crippen molar-refractivity contribution in [2.45, 2.75) is 20.0 Å². The summed E-state index contributed by atoms with van der Waals surface area (Å²) < 4.78 is 41.7. The molecular weight excluding hydrogens is 223 g/mol. The van der Waals surface area contributed by atoms with Crippen LogP contribution in [0.4, 0.5) is 13.2 Å². The van der Waals surface area contributed by atoms with E-state index in [1.54, 1.807) is 6.92 Å². The minimum atomic E-state index is -4.50. The molecule has 0 spiro atoms. The molecular formula is C10H10F3NO2. The van der Waals surface area contributed by atoms with Crippen LogP contribution in [0, 0.1) is 6.92 Å². The number of carbonyl (C=O) groups excluding carboxylic acids is 1. The molecule has 0 bridgehead atoms. The molecule has 0 aliphatic rings. The largest absolute Gasteiger partial charge is 0.462 e. The van der Waals surface area contributed by atoms with Gasteiger partial charge in [-0.3, -0.25) is 4.98 Å². The maximum Gasteiger partial charge on any atom is 0.433 e. The fraction of sp³-hybridized carbons (Fsp3) is 0.400. The van der Waals surface area contributed by atoms with E-state index in [9.17, 15) is 18.0 Å². The third kappa shape index (κ3) is 2.71. The number of nitrogens with zero attached hydrogens (tertiary/aromatic N) is 1. The van der Waals surface area contributed by atoms with Crippen molar-refractivity contribution in [1.82, 2.24) is 4.98 Å². The van der Waals surface area contributed by atoms with Crippen LogP contribution in [0.1, 0.15) is 28.5 Å². The van der Waals surface area contributed by atoms with E-state index < -0.39 is 17.8 Å². The van der Waals surface area contributed by atoms with Gasteiger partial charge in [0, 0.05) is 6.20 Å². The summed E-state index contributed by atoms with van der Waals surface area (Å²) in [5.74, 6) is -0.674. The van der Waals surface area contributed by atoms with Crippen LogP contribution < -0.4 is 0 Å². The van der Waals surface area contributed by atoms with Gasteiger partial charge in [-0.25, -0.2) is 4.79 Å². The molecule has 0 atom stereocenters. The van der Waals surface area contributed by atoms with Crippen molar-refractivity contribution in [3.05, 3.63) is 29.1 Å². The van der Waals surface area contributed by atoms with Crippen molar-refractivity contribution in [2.75, 3.05) is 6.61 Å². The highest BCUT2D eigenvalue weighted by atomic mass is 19.4. The van der Waals surface area contributed by atoms with Gasteiger partial charge < -0.3 is 4.74 Å². The van der Waals surface area contributed by atoms with Crippen molar-refractivity contribution in [1.29, 1.82) is 0 Å². The quantitative estimate of drug-likeness (QED) is 0.737. The molecule has 1 heterocycles. The molecule has 0 saturated heterocycles. The highest BCUT2D eigenvalue weighted by Gasteiger charge is 2.34. The first kappa shape index (κ1) is 12.5. The summed E-state index contributed by atoms with van der Waals surface area (Å²) in [6.07, 6.45) is -3.63. The van der Waals surface area contributed by atoms with E-state index in [0.29, 0.717) is 0 Å². The molecule has 1 rings (SSSR count). The first-order valence-electron chi connectivity index (χ1n) is 4.57. The Balaban J connectivity index is 3.05. The normalized spacial score (nSPS) is 11.3. The zero-order chi connectivity index (χ0) is 12.3. The van der Waals surface area contributed by atoms with Crippen molar-refractivity contribution in [3.8, 4) is 0 Å². The number of ether oxygens (including phenoxy) is 1. The zero-order valence-electron chi connectivity index (χ0n) is 8.76. The Morgan fingerprint density at radius 1 is 1.50 bits per heavy atom. The van der Waals surface area contributed by atoms with Crippen LogP contribution in [-0.4, -0.2) is 17.6 Å². The van der Waals surface area contributed by atoms with Crippen molar-refractivity contribution in [3.63, 3.8) is 0 Å². The van der Waals surface area contributed by atoms with Crippen LogP contribution >= 0.6 is 0 Å². The Kier molecular flexibility index (Phi) is 3.51. The average Bonchev–Trinajstić information content (AvgIpc) is 2.16. The molecule has 1 aromatic heterocycles. The van der Waals surface area contributed by atoms with E-state index in [1.165, 1.54) is 6.92 Å². The molecule has 1 aromatic rings. The topological polar surface area (TPSA) is 39.2 Å². The van der Waals surface area contributed by atoms with Crippen molar-refractivity contribution < 1.29 is 22.7 Å². The Morgan fingerprint density at radius 2 is 2.12 bits per heavy atom. The fourth-order valence-corrected chi connectivity index (χ4v) is 1.20. The van der Waals surface area contributed by atoms with Crippen LogP contribution in [0.5, 0.6) is 0 Å². The number of esters is 1. The second-order valence-electron chi connectivity index (χ2n) is 3.11. The molecule has 3 nitrogen and oxygen atoms in total.